The van der Waals surface area contributed by atoms with Gasteiger partial charge in [-0.05, 0) is 38.1 Å². The number of anilines is 1. The minimum atomic E-state index is -0.339. The Morgan fingerprint density at radius 1 is 1.26 bits per heavy atom. The molecule has 0 unspecified atom stereocenters. The Morgan fingerprint density at radius 3 is 2.89 bits per heavy atom. The van der Waals surface area contributed by atoms with Crippen molar-refractivity contribution in [3.05, 3.63) is 34.7 Å². The van der Waals surface area contributed by atoms with Gasteiger partial charge >= 0.3 is 5.63 Å². The second-order valence-electron chi connectivity index (χ2n) is 4.80. The molecule has 0 amide bonds. The van der Waals surface area contributed by atoms with Crippen LogP contribution in [0.4, 0.5) is 6.01 Å². The predicted molar refractivity (Wildman–Crippen MR) is 74.4 cm³/mol. The average molecular weight is 259 g/mol. The second-order valence-corrected chi connectivity index (χ2v) is 4.80. The van der Waals surface area contributed by atoms with Crippen molar-refractivity contribution in [3.63, 3.8) is 0 Å². The Hall–Kier alpha value is -1.88. The molecule has 2 heterocycles. The zero-order chi connectivity index (χ0) is 13.1. The number of hydrogen-bond donors (Lipinski definition) is 1. The highest BCUT2D eigenvalue weighted by molar-refractivity contribution is 5.77. The van der Waals surface area contributed by atoms with Crippen LogP contribution in [0.5, 0.6) is 0 Å². The lowest BCUT2D eigenvalue weighted by Gasteiger charge is -2.14. The van der Waals surface area contributed by atoms with Gasteiger partial charge in [0.05, 0.1) is 10.9 Å². The van der Waals surface area contributed by atoms with Gasteiger partial charge in [0.1, 0.15) is 0 Å². The maximum absolute atomic E-state index is 11.8. The number of para-hydroxylation sites is 1. The molecule has 1 saturated heterocycles. The molecule has 0 spiro atoms. The predicted octanol–water partition coefficient (Wildman–Crippen LogP) is 1.70. The summed E-state index contributed by atoms with van der Waals surface area (Å²) in [6.45, 7) is 4.03. The van der Waals surface area contributed by atoms with Gasteiger partial charge in [-0.15, -0.1) is 0 Å². The summed E-state index contributed by atoms with van der Waals surface area (Å²) in [5.74, 6) is 0. The maximum atomic E-state index is 11.8. The van der Waals surface area contributed by atoms with Crippen molar-refractivity contribution in [1.82, 2.24) is 9.88 Å². The second kappa shape index (κ2) is 5.40. The fourth-order valence-electron chi connectivity index (χ4n) is 2.42. The van der Waals surface area contributed by atoms with Crippen LogP contribution in [0.25, 0.3) is 10.9 Å². The van der Waals surface area contributed by atoms with Crippen molar-refractivity contribution >= 4 is 16.9 Å². The molecule has 1 fully saturated rings. The van der Waals surface area contributed by atoms with Crippen LogP contribution < -0.4 is 10.9 Å². The molecule has 5 heteroatoms. The third-order valence-corrected chi connectivity index (χ3v) is 3.44. The van der Waals surface area contributed by atoms with E-state index in [1.165, 1.54) is 12.8 Å². The molecule has 1 aliphatic heterocycles. The van der Waals surface area contributed by atoms with Gasteiger partial charge in [-0.25, -0.2) is 4.79 Å². The highest BCUT2D eigenvalue weighted by Crippen LogP contribution is 2.10. The van der Waals surface area contributed by atoms with Crippen LogP contribution in [0.3, 0.4) is 0 Å². The summed E-state index contributed by atoms with van der Waals surface area (Å²) >= 11 is 0. The van der Waals surface area contributed by atoms with Gasteiger partial charge < -0.3 is 14.6 Å². The zero-order valence-electron chi connectivity index (χ0n) is 10.8. The first-order valence-electron chi connectivity index (χ1n) is 6.69. The number of nitrogens with one attached hydrogen (secondary N) is 1. The standard InChI is InChI=1S/C14H17N3O2/c18-13-11-5-1-2-6-12(11)16-14(19-13)15-7-10-17-8-3-4-9-17/h1-2,5-6H,3-4,7-10H2,(H,15,16). The van der Waals surface area contributed by atoms with Crippen molar-refractivity contribution in [2.75, 3.05) is 31.5 Å². The fourth-order valence-corrected chi connectivity index (χ4v) is 2.42. The van der Waals surface area contributed by atoms with Gasteiger partial charge in [0.25, 0.3) is 6.01 Å². The number of benzene rings is 1. The van der Waals surface area contributed by atoms with E-state index >= 15 is 0 Å². The lowest BCUT2D eigenvalue weighted by molar-refractivity contribution is 0.351. The fraction of sp³-hybridized carbons (Fsp3) is 0.429. The molecule has 1 aromatic heterocycles. The summed E-state index contributed by atoms with van der Waals surface area (Å²) in [5.41, 5.74) is 0.330. The van der Waals surface area contributed by atoms with E-state index in [1.54, 1.807) is 12.1 Å². The first-order valence-corrected chi connectivity index (χ1v) is 6.69. The van der Waals surface area contributed by atoms with Crippen LogP contribution in [-0.2, 0) is 0 Å². The van der Waals surface area contributed by atoms with E-state index in [0.717, 1.165) is 26.2 Å². The molecule has 0 saturated carbocycles. The third kappa shape index (κ3) is 2.76. The average Bonchev–Trinajstić information content (AvgIpc) is 2.92. The Balaban J connectivity index is 1.69. The van der Waals surface area contributed by atoms with Crippen molar-refractivity contribution in [2.45, 2.75) is 12.8 Å². The van der Waals surface area contributed by atoms with E-state index in [0.29, 0.717) is 16.9 Å². The van der Waals surface area contributed by atoms with Crippen LogP contribution in [0.2, 0.25) is 0 Å². The lowest BCUT2D eigenvalue weighted by Crippen LogP contribution is -2.26. The molecule has 5 nitrogen and oxygen atoms in total. The van der Waals surface area contributed by atoms with Crippen LogP contribution in [0, 0.1) is 0 Å². The highest BCUT2D eigenvalue weighted by atomic mass is 16.4. The molecule has 19 heavy (non-hydrogen) atoms. The third-order valence-electron chi connectivity index (χ3n) is 3.44. The van der Waals surface area contributed by atoms with E-state index in [9.17, 15) is 4.79 Å². The molecule has 1 aliphatic rings. The van der Waals surface area contributed by atoms with Crippen molar-refractivity contribution in [1.29, 1.82) is 0 Å². The molecular formula is C14H17N3O2. The van der Waals surface area contributed by atoms with Crippen molar-refractivity contribution in [2.24, 2.45) is 0 Å². The van der Waals surface area contributed by atoms with Gasteiger partial charge in [0, 0.05) is 13.1 Å². The molecule has 0 aliphatic carbocycles. The van der Waals surface area contributed by atoms with E-state index in [1.807, 2.05) is 12.1 Å². The number of nitrogens with zero attached hydrogens (tertiary/aromatic N) is 2. The number of fused-ring (bicyclic) bond motifs is 1. The summed E-state index contributed by atoms with van der Waals surface area (Å²) in [7, 11) is 0. The Kier molecular flexibility index (Phi) is 3.46. The molecule has 0 bridgehead atoms. The van der Waals surface area contributed by atoms with Crippen LogP contribution in [0.15, 0.2) is 33.5 Å². The van der Waals surface area contributed by atoms with Gasteiger partial charge in [0.15, 0.2) is 0 Å². The summed E-state index contributed by atoms with van der Waals surface area (Å²) in [6, 6.07) is 7.52. The van der Waals surface area contributed by atoms with E-state index < -0.39 is 0 Å². The smallest absolute Gasteiger partial charge is 0.348 e. The van der Waals surface area contributed by atoms with Gasteiger partial charge in [-0.3, -0.25) is 0 Å². The Bertz CT molecular complexity index is 617. The molecule has 3 rings (SSSR count). The van der Waals surface area contributed by atoms with Gasteiger partial charge in [0.2, 0.25) is 0 Å². The summed E-state index contributed by atoms with van der Waals surface area (Å²) in [4.78, 5) is 18.5. The first-order chi connectivity index (χ1) is 9.33. The largest absolute Gasteiger partial charge is 0.389 e. The number of likely N-dealkylation sites (tertiary alicyclic amines) is 1. The van der Waals surface area contributed by atoms with Crippen LogP contribution >= 0.6 is 0 Å². The minimum Gasteiger partial charge on any atom is -0.389 e. The summed E-state index contributed by atoms with van der Waals surface area (Å²) in [6.07, 6.45) is 2.56. The van der Waals surface area contributed by atoms with Crippen LogP contribution in [0.1, 0.15) is 12.8 Å². The molecule has 1 aromatic carbocycles. The SMILES string of the molecule is O=c1oc(NCCN2CCCC2)nc2ccccc12. The maximum Gasteiger partial charge on any atom is 0.348 e. The number of aromatic nitrogens is 1. The minimum absolute atomic E-state index is 0.308. The normalized spacial score (nSPS) is 16.0. The quantitative estimate of drug-likeness (QED) is 0.905. The summed E-state index contributed by atoms with van der Waals surface area (Å²) < 4.78 is 5.16. The van der Waals surface area contributed by atoms with Crippen molar-refractivity contribution < 1.29 is 4.42 Å². The van der Waals surface area contributed by atoms with Crippen molar-refractivity contribution in [3.8, 4) is 0 Å². The number of rotatable bonds is 4. The zero-order valence-corrected chi connectivity index (χ0v) is 10.8. The molecular weight excluding hydrogens is 242 g/mol. The molecule has 0 atom stereocenters. The molecule has 2 aromatic rings. The lowest BCUT2D eigenvalue weighted by atomic mass is 10.2. The van der Waals surface area contributed by atoms with Gasteiger partial charge in [-0.1, -0.05) is 12.1 Å². The summed E-state index contributed by atoms with van der Waals surface area (Å²) in [5, 5.41) is 3.61. The Morgan fingerprint density at radius 2 is 2.05 bits per heavy atom. The van der Waals surface area contributed by atoms with Gasteiger partial charge in [-0.2, -0.15) is 4.98 Å². The van der Waals surface area contributed by atoms with E-state index in [2.05, 4.69) is 15.2 Å². The van der Waals surface area contributed by atoms with E-state index in [-0.39, 0.29) is 5.63 Å². The monoisotopic (exact) mass is 259 g/mol. The number of hydrogen-bond acceptors (Lipinski definition) is 5. The Labute approximate surface area is 111 Å². The van der Waals surface area contributed by atoms with Crippen LogP contribution in [-0.4, -0.2) is 36.1 Å². The topological polar surface area (TPSA) is 58.4 Å². The molecule has 100 valence electrons. The highest BCUT2D eigenvalue weighted by Gasteiger charge is 2.11. The molecule has 0 radical (unpaired) electrons. The first kappa shape index (κ1) is 12.2. The molecule has 1 N–H and O–H groups in total. The van der Waals surface area contributed by atoms with E-state index in [4.69, 9.17) is 4.42 Å².